The summed E-state index contributed by atoms with van der Waals surface area (Å²) in [5.41, 5.74) is 14.2. The summed E-state index contributed by atoms with van der Waals surface area (Å²) in [5.74, 6) is 0.166. The van der Waals surface area contributed by atoms with Gasteiger partial charge in [-0.05, 0) is 110 Å². The van der Waals surface area contributed by atoms with Crippen LogP contribution in [0.4, 0.5) is 17.1 Å². The zero-order chi connectivity index (χ0) is 45.1. The third-order valence-corrected chi connectivity index (χ3v) is 14.3. The van der Waals surface area contributed by atoms with E-state index < -0.39 is 0 Å². The Hall–Kier alpha value is -7.25. The molecule has 2 aliphatic heterocycles. The highest BCUT2D eigenvalue weighted by Crippen LogP contribution is 2.52. The first-order valence-corrected chi connectivity index (χ1v) is 23.3. The average Bonchev–Trinajstić information content (AvgIpc) is 4.21. The highest BCUT2D eigenvalue weighted by atomic mass is 35.5. The molecule has 2 unspecified atom stereocenters. The van der Waals surface area contributed by atoms with Crippen LogP contribution in [0.3, 0.4) is 0 Å². The lowest BCUT2D eigenvalue weighted by molar-refractivity contribution is 0.194. The summed E-state index contributed by atoms with van der Waals surface area (Å²) in [5, 5.41) is 38.5. The lowest BCUT2D eigenvalue weighted by Gasteiger charge is -2.29. The molecule has 5 heterocycles. The van der Waals surface area contributed by atoms with Gasteiger partial charge >= 0.3 is 0 Å². The lowest BCUT2D eigenvalue weighted by Crippen LogP contribution is -2.15. The van der Waals surface area contributed by atoms with Crippen LogP contribution in [-0.4, -0.2) is 71.4 Å². The molecule has 0 amide bonds. The zero-order valence-electron chi connectivity index (χ0n) is 37.5. The van der Waals surface area contributed by atoms with Gasteiger partial charge in [0.2, 0.25) is 0 Å². The number of anilines is 3. The lowest BCUT2D eigenvalue weighted by atomic mass is 9.87. The van der Waals surface area contributed by atoms with E-state index in [1.807, 2.05) is 21.1 Å². The molecule has 0 spiro atoms. The monoisotopic (exact) mass is 900 g/mol. The van der Waals surface area contributed by atoms with E-state index in [0.717, 1.165) is 118 Å². The Kier molecular flexibility index (Phi) is 9.22. The summed E-state index contributed by atoms with van der Waals surface area (Å²) in [4.78, 5) is 7.26. The average molecular weight is 901 g/mol. The highest BCUT2D eigenvalue weighted by molar-refractivity contribution is 6.36. The Balaban J connectivity index is 1.16. The quantitative estimate of drug-likeness (QED) is 0.144. The zero-order valence-corrected chi connectivity index (χ0v) is 38.3. The predicted molar refractivity (Wildman–Crippen MR) is 267 cm³/mol. The summed E-state index contributed by atoms with van der Waals surface area (Å²) in [7, 11) is 5.63. The molecule has 2 saturated heterocycles. The molecule has 2 aliphatic rings. The summed E-state index contributed by atoms with van der Waals surface area (Å²) >= 11 is 7.40. The van der Waals surface area contributed by atoms with Gasteiger partial charge in [-0.1, -0.05) is 96.5 Å². The molecular weight excluding hydrogens is 856 g/mol. The third kappa shape index (κ3) is 6.34. The van der Waals surface area contributed by atoms with Gasteiger partial charge < -0.3 is 14.4 Å². The van der Waals surface area contributed by atoms with Crippen molar-refractivity contribution in [1.82, 2.24) is 45.0 Å². The van der Waals surface area contributed by atoms with Crippen molar-refractivity contribution in [2.24, 2.45) is 21.1 Å². The van der Waals surface area contributed by atoms with Crippen molar-refractivity contribution < 1.29 is 9.47 Å². The first kappa shape index (κ1) is 40.1. The van der Waals surface area contributed by atoms with Crippen molar-refractivity contribution in [2.45, 2.75) is 31.6 Å². The number of fused-ring (bicyclic) bond motifs is 6. The summed E-state index contributed by atoms with van der Waals surface area (Å²) in [6.45, 7) is 4.67. The molecule has 3 aromatic heterocycles. The van der Waals surface area contributed by atoms with Gasteiger partial charge in [-0.2, -0.15) is 45.0 Å². The van der Waals surface area contributed by atoms with Gasteiger partial charge in [-0.15, -0.1) is 0 Å². The van der Waals surface area contributed by atoms with Gasteiger partial charge in [0.25, 0.3) is 0 Å². The van der Waals surface area contributed by atoms with Crippen molar-refractivity contribution in [2.75, 3.05) is 31.3 Å². The Bertz CT molecular complexity index is 3770. The molecule has 0 saturated carbocycles. The van der Waals surface area contributed by atoms with E-state index >= 15 is 0 Å². The summed E-state index contributed by atoms with van der Waals surface area (Å²) in [6.07, 6.45) is 1.71. The Morgan fingerprint density at radius 2 is 0.985 bits per heavy atom. The number of hydrogen-bond donors (Lipinski definition) is 0. The van der Waals surface area contributed by atoms with Gasteiger partial charge in [0.1, 0.15) is 33.1 Å². The van der Waals surface area contributed by atoms with E-state index in [0.29, 0.717) is 42.5 Å². The minimum absolute atomic E-state index is 0.0674. The molecule has 67 heavy (non-hydrogen) atoms. The van der Waals surface area contributed by atoms with Gasteiger partial charge in [0.15, 0.2) is 0 Å². The second kappa shape index (κ2) is 15.4. The maximum absolute atomic E-state index is 7.40. The minimum atomic E-state index is 0.0674. The number of rotatable bonds is 7. The molecule has 2 atom stereocenters. The molecule has 0 aliphatic carbocycles. The number of nitrogens with zero attached hydrogens (tertiary/aromatic N) is 10. The van der Waals surface area contributed by atoms with Crippen LogP contribution in [0.1, 0.15) is 41.4 Å². The van der Waals surface area contributed by atoms with E-state index in [9.17, 15) is 0 Å². The normalized spacial score (nSPS) is 16.6. The molecule has 12 nitrogen and oxygen atoms in total. The highest BCUT2D eigenvalue weighted by Gasteiger charge is 2.34. The van der Waals surface area contributed by atoms with E-state index in [4.69, 9.17) is 51.7 Å². The third-order valence-electron chi connectivity index (χ3n) is 13.9. The van der Waals surface area contributed by atoms with Crippen LogP contribution in [0.15, 0.2) is 115 Å². The fraction of sp³-hybridized carbons (Fsp3) is 0.222. The van der Waals surface area contributed by atoms with Crippen molar-refractivity contribution in [3.8, 4) is 22.3 Å². The fourth-order valence-corrected chi connectivity index (χ4v) is 11.3. The molecule has 13 rings (SSSR count). The number of benzene rings is 8. The smallest absolute Gasteiger partial charge is 0.138 e. The number of halogens is 1. The minimum Gasteiger partial charge on any atom is -0.381 e. The SMILES string of the molecule is Cc1cc(N(c2cc(C3CCOC3)c(Cl)c3nn(C)nc23)c2cc(C3CCOC3)c(-c3ccc4ccccc4c3)c3nn(C)nc23)c2nn(C)nc2c1-c1c2ccccc2cc2ccccc12. The molecule has 8 aromatic carbocycles. The molecular formula is C54H45ClN10O2. The molecule has 0 bridgehead atoms. The summed E-state index contributed by atoms with van der Waals surface area (Å²) < 4.78 is 12.2. The molecule has 330 valence electrons. The number of hydrogen-bond acceptors (Lipinski definition) is 9. The van der Waals surface area contributed by atoms with E-state index in [1.165, 1.54) is 5.39 Å². The summed E-state index contributed by atoms with van der Waals surface area (Å²) in [6, 6.07) is 41.4. The van der Waals surface area contributed by atoms with Crippen LogP contribution in [0.2, 0.25) is 5.02 Å². The molecule has 2 fully saturated rings. The standard InChI is InChI=1S/C54H45ClN10O2/c1-30-23-42(49-52(59-62(2)56-49)45(30)47-38-15-9-7-13-33(38)25-34-14-8-10-16-39(34)47)65(44-27-41(37-20-22-67-29-37)48(55)54-51(44)58-64(4)61-54)43-26-40(36-19-21-66-28-36)46(53-50(43)57-63(3)60-53)35-18-17-31-11-5-6-12-32(31)24-35/h5-18,23-27,36-37H,19-22,28-29H2,1-4H3. The van der Waals surface area contributed by atoms with Crippen LogP contribution in [0.5, 0.6) is 0 Å². The van der Waals surface area contributed by atoms with Crippen LogP contribution >= 0.6 is 11.6 Å². The van der Waals surface area contributed by atoms with Crippen LogP contribution in [0.25, 0.3) is 87.7 Å². The first-order valence-electron chi connectivity index (χ1n) is 22.9. The number of aryl methyl sites for hydroxylation is 4. The van der Waals surface area contributed by atoms with Gasteiger partial charge in [-0.25, -0.2) is 0 Å². The molecule has 11 aromatic rings. The second-order valence-corrected chi connectivity index (χ2v) is 18.5. The topological polar surface area (TPSA) is 114 Å². The molecule has 0 radical (unpaired) electrons. The van der Waals surface area contributed by atoms with E-state index in [2.05, 4.69) is 127 Å². The predicted octanol–water partition coefficient (Wildman–Crippen LogP) is 11.8. The van der Waals surface area contributed by atoms with E-state index in [1.54, 1.807) is 14.4 Å². The largest absolute Gasteiger partial charge is 0.381 e. The first-order chi connectivity index (χ1) is 32.8. The Morgan fingerprint density at radius 1 is 0.493 bits per heavy atom. The Morgan fingerprint density at radius 3 is 1.60 bits per heavy atom. The molecule has 0 N–H and O–H groups in total. The van der Waals surface area contributed by atoms with Crippen LogP contribution < -0.4 is 4.90 Å². The van der Waals surface area contributed by atoms with Crippen molar-refractivity contribution in [3.05, 3.63) is 137 Å². The van der Waals surface area contributed by atoms with Crippen LogP contribution in [0, 0.1) is 6.92 Å². The maximum Gasteiger partial charge on any atom is 0.138 e. The number of aromatic nitrogens is 9. The number of ether oxygens (including phenoxy) is 2. The van der Waals surface area contributed by atoms with Gasteiger partial charge in [0, 0.05) is 57.3 Å². The van der Waals surface area contributed by atoms with Crippen molar-refractivity contribution >= 4 is 94.1 Å². The van der Waals surface area contributed by atoms with Gasteiger partial charge in [0.05, 0.1) is 35.3 Å². The second-order valence-electron chi connectivity index (χ2n) is 18.1. The van der Waals surface area contributed by atoms with Crippen molar-refractivity contribution in [1.29, 1.82) is 0 Å². The van der Waals surface area contributed by atoms with Crippen LogP contribution in [-0.2, 0) is 30.6 Å². The Labute approximate surface area is 390 Å². The molecule has 13 heteroatoms. The van der Waals surface area contributed by atoms with E-state index in [-0.39, 0.29) is 11.8 Å². The fourth-order valence-electron chi connectivity index (χ4n) is 10.9. The van der Waals surface area contributed by atoms with Gasteiger partial charge in [-0.3, -0.25) is 0 Å². The van der Waals surface area contributed by atoms with Crippen molar-refractivity contribution in [3.63, 3.8) is 0 Å². The maximum atomic E-state index is 7.40.